The van der Waals surface area contributed by atoms with E-state index in [0.29, 0.717) is 18.5 Å². The molecule has 3 aromatic rings. The van der Waals surface area contributed by atoms with E-state index in [4.69, 9.17) is 11.6 Å². The van der Waals surface area contributed by atoms with E-state index in [1.807, 2.05) is 0 Å². The summed E-state index contributed by atoms with van der Waals surface area (Å²) in [4.78, 5) is 12.5. The van der Waals surface area contributed by atoms with Crippen LogP contribution in [-0.4, -0.2) is 34.3 Å². The monoisotopic (exact) mass is 528 g/mol. The van der Waals surface area contributed by atoms with Crippen molar-refractivity contribution in [3.05, 3.63) is 58.5 Å². The molecule has 1 aliphatic carbocycles. The number of sulfonamides is 1. The molecule has 2 aromatic heterocycles. The topological polar surface area (TPSA) is 119 Å². The Balaban J connectivity index is 1.46. The number of anilines is 2. The van der Waals surface area contributed by atoms with Crippen LogP contribution in [0.5, 0.6) is 0 Å². The normalized spacial score (nSPS) is 14.2. The zero-order chi connectivity index (χ0) is 25.2. The first-order valence-corrected chi connectivity index (χ1v) is 12.5. The van der Waals surface area contributed by atoms with Crippen molar-refractivity contribution in [1.82, 2.24) is 20.0 Å². The van der Waals surface area contributed by atoms with Gasteiger partial charge in [-0.1, -0.05) is 18.0 Å². The molecule has 0 saturated heterocycles. The van der Waals surface area contributed by atoms with Crippen LogP contribution < -0.4 is 10.0 Å². The molecule has 9 nitrogen and oxygen atoms in total. The molecule has 1 aliphatic rings. The average molecular weight is 529 g/mol. The summed E-state index contributed by atoms with van der Waals surface area (Å²) in [7, 11) is -3.97. The number of aromatic nitrogens is 4. The molecule has 186 valence electrons. The summed E-state index contributed by atoms with van der Waals surface area (Å²) in [6.45, 7) is -0.394. The van der Waals surface area contributed by atoms with E-state index in [0.717, 1.165) is 17.5 Å². The molecule has 0 spiro atoms. The largest absolute Gasteiger partial charge is 0.435 e. The Hall–Kier alpha value is -3.19. The quantitative estimate of drug-likeness (QED) is 0.466. The van der Waals surface area contributed by atoms with Gasteiger partial charge in [0.1, 0.15) is 6.54 Å². The highest BCUT2D eigenvalue weighted by Gasteiger charge is 2.39. The van der Waals surface area contributed by atoms with Crippen molar-refractivity contribution >= 4 is 39.0 Å². The number of hydrogen-bond acceptors (Lipinski definition) is 6. The van der Waals surface area contributed by atoms with Crippen LogP contribution in [0, 0.1) is 0 Å². The summed E-state index contributed by atoms with van der Waals surface area (Å²) in [6.07, 6.45) is -1.72. The standard InChI is InChI=1S/C21H20ClF3N6O3S/c22-17-10-11-18(28-27-17)30-35(33,34)14-8-6-13(7-9-14)26-19(32)12-31-16-5-3-1-2-4-15(16)20(29-31)21(23,24)25/h6-11H,1-5,12H2,(H,26,32)(H,28,30). The van der Waals surface area contributed by atoms with Gasteiger partial charge in [0.15, 0.2) is 16.7 Å². The molecule has 0 bridgehead atoms. The third-order valence-electron chi connectivity index (χ3n) is 5.39. The third kappa shape index (κ3) is 5.90. The van der Waals surface area contributed by atoms with Crippen LogP contribution in [0.25, 0.3) is 0 Å². The fourth-order valence-corrected chi connectivity index (χ4v) is 4.92. The molecule has 0 atom stereocenters. The molecule has 2 heterocycles. The molecule has 0 fully saturated rings. The van der Waals surface area contributed by atoms with Gasteiger partial charge in [-0.2, -0.15) is 18.3 Å². The van der Waals surface area contributed by atoms with E-state index in [1.165, 1.54) is 36.4 Å². The third-order valence-corrected chi connectivity index (χ3v) is 6.96. The molecule has 2 N–H and O–H groups in total. The minimum Gasteiger partial charge on any atom is -0.324 e. The van der Waals surface area contributed by atoms with E-state index in [9.17, 15) is 26.4 Å². The Morgan fingerprint density at radius 3 is 2.40 bits per heavy atom. The van der Waals surface area contributed by atoms with Crippen LogP contribution in [0.15, 0.2) is 41.3 Å². The van der Waals surface area contributed by atoms with Crippen LogP contribution in [0.3, 0.4) is 0 Å². The van der Waals surface area contributed by atoms with Gasteiger partial charge in [-0.05, 0) is 62.1 Å². The minimum absolute atomic E-state index is 0.0247. The van der Waals surface area contributed by atoms with Gasteiger partial charge in [0.2, 0.25) is 5.91 Å². The lowest BCUT2D eigenvalue weighted by molar-refractivity contribution is -0.142. The summed E-state index contributed by atoms with van der Waals surface area (Å²) in [5.74, 6) is -0.609. The minimum atomic E-state index is -4.59. The Labute approximate surface area is 203 Å². The molecule has 0 aliphatic heterocycles. The van der Waals surface area contributed by atoms with E-state index in [1.54, 1.807) is 0 Å². The number of hydrogen-bond donors (Lipinski definition) is 2. The highest BCUT2D eigenvalue weighted by molar-refractivity contribution is 7.92. The van der Waals surface area contributed by atoms with Crippen molar-refractivity contribution in [1.29, 1.82) is 0 Å². The van der Waals surface area contributed by atoms with E-state index in [-0.39, 0.29) is 33.5 Å². The van der Waals surface area contributed by atoms with Gasteiger partial charge in [-0.25, -0.2) is 8.42 Å². The van der Waals surface area contributed by atoms with Crippen molar-refractivity contribution < 1.29 is 26.4 Å². The lowest BCUT2D eigenvalue weighted by Gasteiger charge is -2.10. The average Bonchev–Trinajstić information content (AvgIpc) is 2.96. The summed E-state index contributed by atoms with van der Waals surface area (Å²) >= 11 is 5.63. The number of nitrogens with one attached hydrogen (secondary N) is 2. The fourth-order valence-electron chi connectivity index (χ4n) is 3.83. The number of fused-ring (bicyclic) bond motifs is 1. The Morgan fingerprint density at radius 2 is 1.74 bits per heavy atom. The van der Waals surface area contributed by atoms with Gasteiger partial charge in [0.05, 0.1) is 4.90 Å². The first kappa shape index (κ1) is 24.9. The molecule has 35 heavy (non-hydrogen) atoms. The fraction of sp³-hybridized carbons (Fsp3) is 0.333. The van der Waals surface area contributed by atoms with Gasteiger partial charge < -0.3 is 5.32 Å². The van der Waals surface area contributed by atoms with Crippen LogP contribution in [-0.2, 0) is 40.4 Å². The molecule has 0 radical (unpaired) electrons. The summed E-state index contributed by atoms with van der Waals surface area (Å²) in [5.41, 5.74) is -0.0674. The number of rotatable bonds is 6. The Kier molecular flexibility index (Phi) is 6.99. The number of carbonyl (C=O) groups excluding carboxylic acids is 1. The zero-order valence-electron chi connectivity index (χ0n) is 18.1. The van der Waals surface area contributed by atoms with Gasteiger partial charge in [0, 0.05) is 16.9 Å². The van der Waals surface area contributed by atoms with Crippen molar-refractivity contribution in [2.45, 2.75) is 49.7 Å². The first-order chi connectivity index (χ1) is 16.5. The SMILES string of the molecule is O=C(Cn1nc(C(F)(F)F)c2c1CCCCC2)Nc1ccc(S(=O)(=O)Nc2ccc(Cl)nn2)cc1. The van der Waals surface area contributed by atoms with Crippen molar-refractivity contribution in [3.63, 3.8) is 0 Å². The van der Waals surface area contributed by atoms with Gasteiger partial charge in [-0.15, -0.1) is 10.2 Å². The number of alkyl halides is 3. The number of benzene rings is 1. The molecular weight excluding hydrogens is 509 g/mol. The zero-order valence-corrected chi connectivity index (χ0v) is 19.7. The Bertz CT molecular complexity index is 1330. The van der Waals surface area contributed by atoms with Crippen LogP contribution in [0.4, 0.5) is 24.7 Å². The number of amides is 1. The Morgan fingerprint density at radius 1 is 1.03 bits per heavy atom. The van der Waals surface area contributed by atoms with E-state index >= 15 is 0 Å². The summed E-state index contributed by atoms with van der Waals surface area (Å²) in [5, 5.41) is 13.6. The first-order valence-electron chi connectivity index (χ1n) is 10.6. The second-order valence-corrected chi connectivity index (χ2v) is 9.98. The molecule has 1 aromatic carbocycles. The molecule has 0 unspecified atom stereocenters. The van der Waals surface area contributed by atoms with E-state index < -0.39 is 34.3 Å². The van der Waals surface area contributed by atoms with Gasteiger partial charge in [-0.3, -0.25) is 14.2 Å². The molecule has 4 rings (SSSR count). The van der Waals surface area contributed by atoms with Crippen LogP contribution in [0.2, 0.25) is 5.15 Å². The summed E-state index contributed by atoms with van der Waals surface area (Å²) < 4.78 is 68.7. The van der Waals surface area contributed by atoms with Crippen molar-refractivity contribution in [2.75, 3.05) is 10.0 Å². The summed E-state index contributed by atoms with van der Waals surface area (Å²) in [6, 6.07) is 7.99. The maximum Gasteiger partial charge on any atom is 0.435 e. The van der Waals surface area contributed by atoms with Crippen molar-refractivity contribution in [2.24, 2.45) is 0 Å². The number of nitrogens with zero attached hydrogens (tertiary/aromatic N) is 4. The van der Waals surface area contributed by atoms with Crippen LogP contribution >= 0.6 is 11.6 Å². The molecule has 1 amide bonds. The predicted octanol–water partition coefficient (Wildman–Crippen LogP) is 4.05. The number of halogens is 4. The van der Waals surface area contributed by atoms with Crippen molar-refractivity contribution in [3.8, 4) is 0 Å². The van der Waals surface area contributed by atoms with E-state index in [2.05, 4.69) is 25.3 Å². The molecule has 0 saturated carbocycles. The highest BCUT2D eigenvalue weighted by Crippen LogP contribution is 2.35. The molecular formula is C21H20ClF3N6O3S. The second-order valence-electron chi connectivity index (χ2n) is 7.91. The molecule has 14 heteroatoms. The van der Waals surface area contributed by atoms with Gasteiger partial charge in [0.25, 0.3) is 10.0 Å². The predicted molar refractivity (Wildman–Crippen MR) is 121 cm³/mol. The number of carbonyl (C=O) groups is 1. The lowest BCUT2D eigenvalue weighted by atomic mass is 10.1. The lowest BCUT2D eigenvalue weighted by Crippen LogP contribution is -2.21. The second kappa shape index (κ2) is 9.82. The maximum absolute atomic E-state index is 13.5. The smallest absolute Gasteiger partial charge is 0.324 e. The maximum atomic E-state index is 13.5. The highest BCUT2D eigenvalue weighted by atomic mass is 35.5. The van der Waals surface area contributed by atoms with Gasteiger partial charge >= 0.3 is 6.18 Å². The van der Waals surface area contributed by atoms with Crippen LogP contribution in [0.1, 0.15) is 36.2 Å².